The van der Waals surface area contributed by atoms with Crippen LogP contribution >= 0.6 is 0 Å². The third kappa shape index (κ3) is 5.53. The van der Waals surface area contributed by atoms with Crippen molar-refractivity contribution in [2.75, 3.05) is 18.8 Å². The Morgan fingerprint density at radius 2 is 1.89 bits per heavy atom. The van der Waals surface area contributed by atoms with E-state index in [0.29, 0.717) is 5.82 Å². The summed E-state index contributed by atoms with van der Waals surface area (Å²) in [7, 11) is 0. The number of benzene rings is 1. The van der Waals surface area contributed by atoms with Gasteiger partial charge >= 0.3 is 0 Å². The minimum atomic E-state index is -0.156. The fourth-order valence-electron chi connectivity index (χ4n) is 3.85. The SMILES string of the molecule is CCCCCc1cc(Cc2ccc(CN3CCC(O)C3)cc2)c(C)nc1N. The molecule has 4 nitrogen and oxygen atoms in total. The average molecular weight is 368 g/mol. The Hall–Kier alpha value is -1.91. The van der Waals surface area contributed by atoms with Crippen LogP contribution in [0.4, 0.5) is 5.82 Å². The van der Waals surface area contributed by atoms with Crippen LogP contribution in [0.3, 0.4) is 0 Å². The summed E-state index contributed by atoms with van der Waals surface area (Å²) in [5.41, 5.74) is 12.2. The number of hydrogen-bond donors (Lipinski definition) is 2. The van der Waals surface area contributed by atoms with Crippen molar-refractivity contribution < 1.29 is 5.11 Å². The largest absolute Gasteiger partial charge is 0.392 e. The summed E-state index contributed by atoms with van der Waals surface area (Å²) in [6.45, 7) is 6.96. The number of likely N-dealkylation sites (tertiary alicyclic amines) is 1. The molecule has 146 valence electrons. The quantitative estimate of drug-likeness (QED) is 0.696. The molecule has 4 heteroatoms. The van der Waals surface area contributed by atoms with Gasteiger partial charge in [0.25, 0.3) is 0 Å². The van der Waals surface area contributed by atoms with Crippen molar-refractivity contribution in [2.24, 2.45) is 0 Å². The van der Waals surface area contributed by atoms with Crippen LogP contribution in [0.25, 0.3) is 0 Å². The summed E-state index contributed by atoms with van der Waals surface area (Å²) in [4.78, 5) is 6.90. The van der Waals surface area contributed by atoms with E-state index in [1.54, 1.807) is 0 Å². The van der Waals surface area contributed by atoms with Gasteiger partial charge in [-0.1, -0.05) is 50.1 Å². The Morgan fingerprint density at radius 1 is 1.15 bits per heavy atom. The third-order valence-corrected chi connectivity index (χ3v) is 5.55. The molecule has 0 spiro atoms. The molecule has 1 saturated heterocycles. The third-order valence-electron chi connectivity index (χ3n) is 5.55. The lowest BCUT2D eigenvalue weighted by atomic mass is 9.99. The van der Waals surface area contributed by atoms with Gasteiger partial charge in [-0.3, -0.25) is 4.90 Å². The highest BCUT2D eigenvalue weighted by Gasteiger charge is 2.19. The van der Waals surface area contributed by atoms with Gasteiger partial charge in [0, 0.05) is 25.3 Å². The van der Waals surface area contributed by atoms with Gasteiger partial charge < -0.3 is 10.8 Å². The van der Waals surface area contributed by atoms with Crippen molar-refractivity contribution in [3.63, 3.8) is 0 Å². The standard InChI is InChI=1S/C23H33N3O/c1-3-4-5-6-20-14-21(17(2)25-23(20)24)13-18-7-9-19(10-8-18)15-26-12-11-22(27)16-26/h7-10,14,22,27H,3-6,11-13,15-16H2,1-2H3,(H2,24,25). The minimum absolute atomic E-state index is 0.156. The van der Waals surface area contributed by atoms with Crippen molar-refractivity contribution in [3.05, 3.63) is 58.3 Å². The molecule has 1 fully saturated rings. The van der Waals surface area contributed by atoms with Crippen LogP contribution in [0.15, 0.2) is 30.3 Å². The Kier molecular flexibility index (Phi) is 6.86. The van der Waals surface area contributed by atoms with E-state index in [-0.39, 0.29) is 6.10 Å². The molecule has 3 rings (SSSR count). The lowest BCUT2D eigenvalue weighted by molar-refractivity contribution is 0.175. The summed E-state index contributed by atoms with van der Waals surface area (Å²) < 4.78 is 0. The molecule has 0 aliphatic carbocycles. The average Bonchev–Trinajstić information content (AvgIpc) is 3.05. The van der Waals surface area contributed by atoms with Gasteiger partial charge in [-0.25, -0.2) is 4.98 Å². The van der Waals surface area contributed by atoms with E-state index in [9.17, 15) is 5.11 Å². The molecular formula is C23H33N3O. The monoisotopic (exact) mass is 367 g/mol. The van der Waals surface area contributed by atoms with Gasteiger partial charge in [0.2, 0.25) is 0 Å². The first-order valence-electron chi connectivity index (χ1n) is 10.3. The Balaban J connectivity index is 1.64. The number of nitrogens with zero attached hydrogens (tertiary/aromatic N) is 2. The number of anilines is 1. The number of unbranched alkanes of at least 4 members (excludes halogenated alkanes) is 2. The molecule has 1 aromatic carbocycles. The fourth-order valence-corrected chi connectivity index (χ4v) is 3.85. The first-order chi connectivity index (χ1) is 13.0. The van der Waals surface area contributed by atoms with Crippen LogP contribution in [-0.2, 0) is 19.4 Å². The zero-order chi connectivity index (χ0) is 19.2. The van der Waals surface area contributed by atoms with Crippen molar-refractivity contribution in [1.82, 2.24) is 9.88 Å². The van der Waals surface area contributed by atoms with E-state index in [4.69, 9.17) is 5.73 Å². The smallest absolute Gasteiger partial charge is 0.126 e. The molecule has 2 aromatic rings. The molecule has 1 aliphatic rings. The highest BCUT2D eigenvalue weighted by Crippen LogP contribution is 2.21. The van der Waals surface area contributed by atoms with Gasteiger partial charge in [-0.15, -0.1) is 0 Å². The van der Waals surface area contributed by atoms with Crippen LogP contribution in [0, 0.1) is 6.92 Å². The number of β-amino-alcohol motifs (C(OH)–C–C–N with tert-alkyl or cyclic N) is 1. The zero-order valence-corrected chi connectivity index (χ0v) is 16.7. The van der Waals surface area contributed by atoms with Gasteiger partial charge in [0.1, 0.15) is 5.82 Å². The number of aliphatic hydroxyl groups excluding tert-OH is 1. The molecule has 2 heterocycles. The van der Waals surface area contributed by atoms with E-state index < -0.39 is 0 Å². The second kappa shape index (κ2) is 9.34. The molecule has 1 unspecified atom stereocenters. The first-order valence-corrected chi connectivity index (χ1v) is 10.3. The number of aliphatic hydroxyl groups is 1. The van der Waals surface area contributed by atoms with Crippen LogP contribution < -0.4 is 5.73 Å². The molecule has 0 radical (unpaired) electrons. The van der Waals surface area contributed by atoms with Crippen LogP contribution in [-0.4, -0.2) is 34.2 Å². The normalized spacial score (nSPS) is 17.5. The number of nitrogen functional groups attached to an aromatic ring is 1. The second-order valence-electron chi connectivity index (χ2n) is 7.91. The van der Waals surface area contributed by atoms with Crippen molar-refractivity contribution in [2.45, 2.75) is 65.0 Å². The maximum atomic E-state index is 9.67. The minimum Gasteiger partial charge on any atom is -0.392 e. The summed E-state index contributed by atoms with van der Waals surface area (Å²) in [6.07, 6.45) is 6.26. The molecule has 0 saturated carbocycles. The van der Waals surface area contributed by atoms with Gasteiger partial charge in [-0.05, 0) is 54.9 Å². The highest BCUT2D eigenvalue weighted by molar-refractivity contribution is 5.45. The number of rotatable bonds is 8. The first kappa shape index (κ1) is 19.8. The molecule has 27 heavy (non-hydrogen) atoms. The highest BCUT2D eigenvalue weighted by atomic mass is 16.3. The maximum absolute atomic E-state index is 9.67. The molecule has 0 bridgehead atoms. The predicted octanol–water partition coefficient (Wildman–Crippen LogP) is 3.86. The van der Waals surface area contributed by atoms with E-state index in [0.717, 1.165) is 44.6 Å². The summed E-state index contributed by atoms with van der Waals surface area (Å²) in [5.74, 6) is 0.690. The van der Waals surface area contributed by atoms with Gasteiger partial charge in [0.05, 0.1) is 6.10 Å². The van der Waals surface area contributed by atoms with E-state index in [1.165, 1.54) is 41.5 Å². The topological polar surface area (TPSA) is 62.4 Å². The number of pyridine rings is 1. The Morgan fingerprint density at radius 3 is 2.56 bits per heavy atom. The number of nitrogens with two attached hydrogens (primary N) is 1. The van der Waals surface area contributed by atoms with Crippen molar-refractivity contribution in [1.29, 1.82) is 0 Å². The summed E-state index contributed by atoms with van der Waals surface area (Å²) in [5, 5.41) is 9.67. The van der Waals surface area contributed by atoms with E-state index >= 15 is 0 Å². The van der Waals surface area contributed by atoms with E-state index in [1.807, 2.05) is 0 Å². The lowest BCUT2D eigenvalue weighted by Gasteiger charge is -2.15. The number of aryl methyl sites for hydroxylation is 2. The summed E-state index contributed by atoms with van der Waals surface area (Å²) in [6, 6.07) is 11.1. The Bertz CT molecular complexity index is 742. The van der Waals surface area contributed by atoms with Gasteiger partial charge in [-0.2, -0.15) is 0 Å². The molecule has 0 amide bonds. The summed E-state index contributed by atoms with van der Waals surface area (Å²) >= 11 is 0. The molecule has 3 N–H and O–H groups in total. The fraction of sp³-hybridized carbons (Fsp3) is 0.522. The number of hydrogen-bond acceptors (Lipinski definition) is 4. The second-order valence-corrected chi connectivity index (χ2v) is 7.91. The molecule has 1 aromatic heterocycles. The van der Waals surface area contributed by atoms with Crippen molar-refractivity contribution in [3.8, 4) is 0 Å². The maximum Gasteiger partial charge on any atom is 0.126 e. The van der Waals surface area contributed by atoms with Crippen LogP contribution in [0.5, 0.6) is 0 Å². The lowest BCUT2D eigenvalue weighted by Crippen LogP contribution is -2.21. The Labute approximate surface area is 163 Å². The molecule has 1 aliphatic heterocycles. The van der Waals surface area contributed by atoms with Gasteiger partial charge in [0.15, 0.2) is 0 Å². The number of aromatic nitrogens is 1. The van der Waals surface area contributed by atoms with E-state index in [2.05, 4.69) is 54.1 Å². The predicted molar refractivity (Wildman–Crippen MR) is 112 cm³/mol. The van der Waals surface area contributed by atoms with Crippen LogP contribution in [0.1, 0.15) is 60.6 Å². The van der Waals surface area contributed by atoms with Crippen molar-refractivity contribution >= 4 is 5.82 Å². The zero-order valence-electron chi connectivity index (χ0n) is 16.7. The molecular weight excluding hydrogens is 334 g/mol. The molecule has 1 atom stereocenters. The van der Waals surface area contributed by atoms with Crippen LogP contribution in [0.2, 0.25) is 0 Å².